The summed E-state index contributed by atoms with van der Waals surface area (Å²) in [5.41, 5.74) is 20.6. The molecule has 2 aliphatic rings. The Kier molecular flexibility index (Phi) is 8.72. The van der Waals surface area contributed by atoms with E-state index in [2.05, 4.69) is 176 Å². The number of hydrogen-bond acceptors (Lipinski definition) is 4. The van der Waals surface area contributed by atoms with E-state index in [4.69, 9.17) is 10.7 Å². The van der Waals surface area contributed by atoms with Crippen LogP contribution < -0.4 is 16.4 Å². The van der Waals surface area contributed by atoms with Gasteiger partial charge < -0.3 is 16.4 Å². The molecule has 4 heteroatoms. The fraction of sp³-hybridized carbons (Fsp3) is 0.0784. The third kappa shape index (κ3) is 6.22. The fourth-order valence-electron chi connectivity index (χ4n) is 8.31. The van der Waals surface area contributed by atoms with Gasteiger partial charge in [-0.3, -0.25) is 4.99 Å². The first-order valence-electron chi connectivity index (χ1n) is 18.9. The number of allylic oxidation sites excluding steroid dienone is 5. The standard InChI is InChI=1S/C51H42N4/c1-3-4-13-28-53-51(2)47-31-38(52)26-27-41(47)44-32-45-46(33-48(44)51)50(55-40-23-15-21-37(30-40)35-18-9-6-10-19-35)43-25-12-11-24-42(43)49(45)54-39-22-14-20-36(29-39)34-16-7-5-8-17-34/h3-25,28-33,54-55H,1,26-27,52H2,2H3/b13-4-,53-28+. The summed E-state index contributed by atoms with van der Waals surface area (Å²) in [5.74, 6) is 0. The number of hydrogen-bond donors (Lipinski definition) is 3. The van der Waals surface area contributed by atoms with Crippen LogP contribution in [-0.2, 0) is 5.54 Å². The Morgan fingerprint density at radius 3 is 1.73 bits per heavy atom. The molecular formula is C51H42N4. The van der Waals surface area contributed by atoms with Crippen LogP contribution in [0.1, 0.15) is 30.9 Å². The van der Waals surface area contributed by atoms with Crippen molar-refractivity contribution < 1.29 is 0 Å². The Morgan fingerprint density at radius 2 is 1.15 bits per heavy atom. The quantitative estimate of drug-likeness (QED) is 0.0605. The lowest BCUT2D eigenvalue weighted by molar-refractivity contribution is 0.619. The van der Waals surface area contributed by atoms with Crippen molar-refractivity contribution in [1.29, 1.82) is 0 Å². The Morgan fingerprint density at radius 1 is 0.600 bits per heavy atom. The normalized spacial score (nSPS) is 16.4. The van der Waals surface area contributed by atoms with Gasteiger partial charge in [0.2, 0.25) is 0 Å². The predicted octanol–water partition coefficient (Wildman–Crippen LogP) is 13.2. The zero-order valence-corrected chi connectivity index (χ0v) is 30.9. The van der Waals surface area contributed by atoms with Crippen LogP contribution in [0.4, 0.5) is 22.7 Å². The van der Waals surface area contributed by atoms with Crippen LogP contribution in [0.25, 0.3) is 49.4 Å². The Labute approximate surface area is 322 Å². The molecule has 4 N–H and O–H groups in total. The molecule has 0 aliphatic heterocycles. The summed E-state index contributed by atoms with van der Waals surface area (Å²) in [5, 5.41) is 12.4. The van der Waals surface area contributed by atoms with Crippen molar-refractivity contribution in [2.45, 2.75) is 25.3 Å². The highest BCUT2D eigenvalue weighted by Crippen LogP contribution is 2.54. The molecule has 2 aliphatic carbocycles. The number of anilines is 4. The largest absolute Gasteiger partial charge is 0.402 e. The van der Waals surface area contributed by atoms with Crippen molar-refractivity contribution in [3.8, 4) is 22.3 Å². The molecule has 0 aromatic heterocycles. The second kappa shape index (κ2) is 14.1. The van der Waals surface area contributed by atoms with E-state index >= 15 is 0 Å². The first kappa shape index (κ1) is 33.9. The van der Waals surface area contributed by atoms with Crippen molar-refractivity contribution in [3.63, 3.8) is 0 Å². The van der Waals surface area contributed by atoms with Crippen LogP contribution in [0.15, 0.2) is 193 Å². The molecule has 0 saturated heterocycles. The first-order chi connectivity index (χ1) is 27.0. The molecule has 0 spiro atoms. The van der Waals surface area contributed by atoms with Crippen molar-refractivity contribution >= 4 is 56.1 Å². The van der Waals surface area contributed by atoms with Crippen molar-refractivity contribution in [2.24, 2.45) is 10.7 Å². The number of benzene rings is 7. The molecule has 4 nitrogen and oxygen atoms in total. The van der Waals surface area contributed by atoms with Crippen molar-refractivity contribution in [2.75, 3.05) is 10.6 Å². The highest BCUT2D eigenvalue weighted by atomic mass is 14.9. The summed E-state index contributed by atoms with van der Waals surface area (Å²) in [4.78, 5) is 5.26. The lowest BCUT2D eigenvalue weighted by Gasteiger charge is -2.26. The molecule has 55 heavy (non-hydrogen) atoms. The van der Waals surface area contributed by atoms with E-state index in [9.17, 15) is 0 Å². The second-order valence-corrected chi connectivity index (χ2v) is 14.5. The third-order valence-electron chi connectivity index (χ3n) is 11.0. The molecule has 0 bridgehead atoms. The van der Waals surface area contributed by atoms with Crippen LogP contribution >= 0.6 is 0 Å². The molecule has 266 valence electrons. The van der Waals surface area contributed by atoms with E-state index in [1.54, 1.807) is 6.08 Å². The number of fused-ring (bicyclic) bond motifs is 4. The maximum atomic E-state index is 6.55. The Bertz CT molecular complexity index is 2740. The summed E-state index contributed by atoms with van der Waals surface area (Å²) in [6.07, 6.45) is 11.4. The van der Waals surface area contributed by atoms with E-state index < -0.39 is 5.54 Å². The molecule has 0 saturated carbocycles. The fourth-order valence-corrected chi connectivity index (χ4v) is 8.31. The number of nitrogens with two attached hydrogens (primary N) is 1. The number of nitrogens with zero attached hydrogens (tertiary/aromatic N) is 1. The molecule has 0 heterocycles. The van der Waals surface area contributed by atoms with E-state index in [0.717, 1.165) is 74.0 Å². The van der Waals surface area contributed by atoms with Crippen molar-refractivity contribution in [1.82, 2.24) is 0 Å². The van der Waals surface area contributed by atoms with Gasteiger partial charge in [-0.1, -0.05) is 128 Å². The van der Waals surface area contributed by atoms with Gasteiger partial charge >= 0.3 is 0 Å². The molecule has 1 atom stereocenters. The zero-order valence-electron chi connectivity index (χ0n) is 30.9. The lowest BCUT2D eigenvalue weighted by Crippen LogP contribution is -2.20. The third-order valence-corrected chi connectivity index (χ3v) is 11.0. The van der Waals surface area contributed by atoms with Gasteiger partial charge in [-0.15, -0.1) is 0 Å². The maximum Gasteiger partial charge on any atom is 0.109 e. The number of rotatable bonds is 9. The first-order valence-corrected chi connectivity index (χ1v) is 18.9. The summed E-state index contributed by atoms with van der Waals surface area (Å²) in [6, 6.07) is 51.9. The monoisotopic (exact) mass is 710 g/mol. The Hall–Kier alpha value is -6.91. The predicted molar refractivity (Wildman–Crippen MR) is 235 cm³/mol. The maximum absolute atomic E-state index is 6.55. The summed E-state index contributed by atoms with van der Waals surface area (Å²) in [7, 11) is 0. The van der Waals surface area contributed by atoms with Gasteiger partial charge in [0.25, 0.3) is 0 Å². The van der Waals surface area contributed by atoms with Gasteiger partial charge in [0.1, 0.15) is 5.54 Å². The molecule has 7 aromatic rings. The summed E-state index contributed by atoms with van der Waals surface area (Å²) < 4.78 is 0. The van der Waals surface area contributed by atoms with E-state index in [1.807, 2.05) is 18.4 Å². The average molecular weight is 711 g/mol. The van der Waals surface area contributed by atoms with Gasteiger partial charge in [-0.05, 0) is 113 Å². The lowest BCUT2D eigenvalue weighted by atomic mass is 9.85. The van der Waals surface area contributed by atoms with E-state index in [0.29, 0.717) is 0 Å². The van der Waals surface area contributed by atoms with Crippen LogP contribution in [0.2, 0.25) is 0 Å². The molecule has 0 amide bonds. The summed E-state index contributed by atoms with van der Waals surface area (Å²) >= 11 is 0. The van der Waals surface area contributed by atoms with Gasteiger partial charge in [0, 0.05) is 44.8 Å². The minimum atomic E-state index is -0.622. The Balaban J connectivity index is 1.29. The smallest absolute Gasteiger partial charge is 0.109 e. The van der Waals surface area contributed by atoms with Gasteiger partial charge in [-0.2, -0.15) is 0 Å². The van der Waals surface area contributed by atoms with Gasteiger partial charge in [0.05, 0.1) is 11.4 Å². The second-order valence-electron chi connectivity index (χ2n) is 14.5. The minimum absolute atomic E-state index is 0.622. The van der Waals surface area contributed by atoms with Crippen LogP contribution in [0.3, 0.4) is 0 Å². The van der Waals surface area contributed by atoms with Crippen LogP contribution in [0, 0.1) is 0 Å². The molecule has 9 rings (SSSR count). The van der Waals surface area contributed by atoms with Gasteiger partial charge in [-0.25, -0.2) is 0 Å². The highest BCUT2D eigenvalue weighted by molar-refractivity contribution is 6.22. The minimum Gasteiger partial charge on any atom is -0.402 e. The molecule has 0 radical (unpaired) electrons. The van der Waals surface area contributed by atoms with Crippen molar-refractivity contribution in [3.05, 3.63) is 199 Å². The van der Waals surface area contributed by atoms with Crippen LogP contribution in [0.5, 0.6) is 0 Å². The molecule has 1 unspecified atom stereocenters. The number of aliphatic imine (C=N–C) groups is 1. The number of nitrogens with one attached hydrogen (secondary N) is 2. The van der Waals surface area contributed by atoms with E-state index in [1.165, 1.54) is 33.4 Å². The highest BCUT2D eigenvalue weighted by Gasteiger charge is 2.42. The molecule has 7 aromatic carbocycles. The molecular weight excluding hydrogens is 669 g/mol. The summed E-state index contributed by atoms with van der Waals surface area (Å²) in [6.45, 7) is 6.07. The molecule has 0 fully saturated rings. The topological polar surface area (TPSA) is 62.4 Å². The van der Waals surface area contributed by atoms with Gasteiger partial charge in [0.15, 0.2) is 0 Å². The van der Waals surface area contributed by atoms with Crippen LogP contribution in [-0.4, -0.2) is 6.21 Å². The average Bonchev–Trinajstić information content (AvgIpc) is 3.46. The SMILES string of the molecule is C=C/C=C\C=N\C1(C)C2=C(CCC(N)=C2)c2cc3c(Nc4cccc(-c5ccccc5)c4)c4ccccc4c(Nc4cccc(-c5ccccc5)c4)c3cc21. The zero-order chi connectivity index (χ0) is 37.4. The van der Waals surface area contributed by atoms with E-state index in [-0.39, 0.29) is 0 Å².